The van der Waals surface area contributed by atoms with Gasteiger partial charge in [-0.3, -0.25) is 4.72 Å². The molecular formula is C16H15N3O4S. The molecule has 0 atom stereocenters. The van der Waals surface area contributed by atoms with Crippen LogP contribution < -0.4 is 15.1 Å². The molecule has 0 aliphatic heterocycles. The summed E-state index contributed by atoms with van der Waals surface area (Å²) in [5, 5.41) is 0.650. The first-order valence-electron chi connectivity index (χ1n) is 7.04. The predicted molar refractivity (Wildman–Crippen MR) is 90.8 cm³/mol. The molecule has 0 spiro atoms. The van der Waals surface area contributed by atoms with E-state index in [4.69, 9.17) is 4.74 Å². The summed E-state index contributed by atoms with van der Waals surface area (Å²) in [6.07, 6.45) is 1.60. The van der Waals surface area contributed by atoms with Crippen LogP contribution in [-0.4, -0.2) is 25.1 Å². The number of anilines is 1. The zero-order chi connectivity index (χ0) is 17.3. The van der Waals surface area contributed by atoms with Crippen molar-refractivity contribution in [3.63, 3.8) is 0 Å². The van der Waals surface area contributed by atoms with E-state index >= 15 is 0 Å². The average Bonchev–Trinajstić information content (AvgIpc) is 2.56. The average molecular weight is 345 g/mol. The molecule has 0 aliphatic carbocycles. The number of methoxy groups -OCH3 is 1. The van der Waals surface area contributed by atoms with Crippen LogP contribution >= 0.6 is 0 Å². The Balaban J connectivity index is 2.02. The lowest BCUT2D eigenvalue weighted by Crippen LogP contribution is -2.19. The molecule has 0 saturated heterocycles. The van der Waals surface area contributed by atoms with Gasteiger partial charge in [0.15, 0.2) is 0 Å². The van der Waals surface area contributed by atoms with Crippen LogP contribution in [-0.2, 0) is 17.1 Å². The summed E-state index contributed by atoms with van der Waals surface area (Å²) in [7, 11) is -0.810. The molecule has 2 aromatic carbocycles. The van der Waals surface area contributed by atoms with Crippen molar-refractivity contribution in [2.75, 3.05) is 11.8 Å². The van der Waals surface area contributed by atoms with Crippen molar-refractivity contribution < 1.29 is 13.2 Å². The molecule has 0 saturated carbocycles. The van der Waals surface area contributed by atoms with E-state index in [1.165, 1.54) is 17.7 Å². The van der Waals surface area contributed by atoms with Crippen LogP contribution in [0.4, 0.5) is 5.69 Å². The number of sulfonamides is 1. The zero-order valence-corrected chi connectivity index (χ0v) is 13.9. The number of rotatable bonds is 4. The highest BCUT2D eigenvalue weighted by molar-refractivity contribution is 7.92. The number of aromatic nitrogens is 2. The smallest absolute Gasteiger partial charge is 0.347 e. The first kappa shape index (κ1) is 16.0. The van der Waals surface area contributed by atoms with Gasteiger partial charge in [-0.2, -0.15) is 4.98 Å². The Morgan fingerprint density at radius 2 is 1.92 bits per heavy atom. The van der Waals surface area contributed by atoms with Crippen molar-refractivity contribution in [3.8, 4) is 5.75 Å². The highest BCUT2D eigenvalue weighted by Gasteiger charge is 2.19. The van der Waals surface area contributed by atoms with Crippen LogP contribution in [0.3, 0.4) is 0 Å². The van der Waals surface area contributed by atoms with Crippen molar-refractivity contribution in [1.29, 1.82) is 0 Å². The van der Waals surface area contributed by atoms with E-state index in [-0.39, 0.29) is 16.3 Å². The van der Waals surface area contributed by atoms with E-state index < -0.39 is 10.0 Å². The van der Waals surface area contributed by atoms with E-state index in [9.17, 15) is 13.2 Å². The normalized spacial score (nSPS) is 11.4. The Hall–Kier alpha value is -2.87. The van der Waals surface area contributed by atoms with Crippen LogP contribution in [0.25, 0.3) is 10.9 Å². The van der Waals surface area contributed by atoms with Crippen molar-refractivity contribution in [2.45, 2.75) is 4.90 Å². The molecule has 1 aromatic heterocycles. The number of nitrogens with zero attached hydrogens (tertiary/aromatic N) is 2. The monoisotopic (exact) mass is 345 g/mol. The number of fused-ring (bicyclic) bond motifs is 1. The summed E-state index contributed by atoms with van der Waals surface area (Å²) in [4.78, 5) is 15.5. The molecule has 3 aromatic rings. The molecule has 1 N–H and O–H groups in total. The number of ether oxygens (including phenoxy) is 1. The minimum Gasteiger partial charge on any atom is -0.495 e. The van der Waals surface area contributed by atoms with Crippen LogP contribution in [0.1, 0.15) is 0 Å². The Morgan fingerprint density at radius 1 is 1.17 bits per heavy atom. The maximum absolute atomic E-state index is 12.6. The molecule has 0 radical (unpaired) electrons. The van der Waals surface area contributed by atoms with Gasteiger partial charge in [-0.25, -0.2) is 13.2 Å². The highest BCUT2D eigenvalue weighted by Crippen LogP contribution is 2.26. The third-order valence-corrected chi connectivity index (χ3v) is 4.91. The van der Waals surface area contributed by atoms with Gasteiger partial charge >= 0.3 is 5.69 Å². The second kappa shape index (κ2) is 5.97. The number of aryl methyl sites for hydroxylation is 1. The zero-order valence-electron chi connectivity index (χ0n) is 13.1. The van der Waals surface area contributed by atoms with Gasteiger partial charge in [0.2, 0.25) is 0 Å². The number of nitrogens with one attached hydrogen (secondary N) is 1. The van der Waals surface area contributed by atoms with E-state index in [1.807, 2.05) is 0 Å². The van der Waals surface area contributed by atoms with E-state index in [0.29, 0.717) is 16.6 Å². The van der Waals surface area contributed by atoms with Gasteiger partial charge in [0, 0.05) is 24.3 Å². The number of hydrogen-bond acceptors (Lipinski definition) is 5. The second-order valence-electron chi connectivity index (χ2n) is 5.16. The fraction of sp³-hybridized carbons (Fsp3) is 0.125. The van der Waals surface area contributed by atoms with Crippen molar-refractivity contribution in [1.82, 2.24) is 9.55 Å². The van der Waals surface area contributed by atoms with E-state index in [1.54, 1.807) is 49.6 Å². The van der Waals surface area contributed by atoms with E-state index in [0.717, 1.165) is 0 Å². The molecular weight excluding hydrogens is 330 g/mol. The van der Waals surface area contributed by atoms with Gasteiger partial charge in [-0.1, -0.05) is 12.1 Å². The van der Waals surface area contributed by atoms with Crippen LogP contribution in [0.2, 0.25) is 0 Å². The fourth-order valence-electron chi connectivity index (χ4n) is 2.32. The van der Waals surface area contributed by atoms with Crippen LogP contribution in [0.15, 0.2) is 58.4 Å². The molecule has 0 aliphatic rings. The molecule has 124 valence electrons. The first-order chi connectivity index (χ1) is 11.4. The summed E-state index contributed by atoms with van der Waals surface area (Å²) in [5.41, 5.74) is 0.497. The lowest BCUT2D eigenvalue weighted by molar-refractivity contribution is 0.403. The Kier molecular flexibility index (Phi) is 3.98. The van der Waals surface area contributed by atoms with Crippen molar-refractivity contribution in [3.05, 3.63) is 59.1 Å². The summed E-state index contributed by atoms with van der Waals surface area (Å²) in [6.45, 7) is 0. The fourth-order valence-corrected chi connectivity index (χ4v) is 3.54. The molecule has 24 heavy (non-hydrogen) atoms. The molecule has 0 bridgehead atoms. The Labute approximate surface area is 138 Å². The third kappa shape index (κ3) is 2.95. The largest absolute Gasteiger partial charge is 0.495 e. The molecule has 7 nitrogen and oxygen atoms in total. The van der Waals surface area contributed by atoms with Gasteiger partial charge in [-0.15, -0.1) is 0 Å². The highest BCUT2D eigenvalue weighted by atomic mass is 32.2. The molecule has 0 amide bonds. The number of para-hydroxylation sites is 1. The lowest BCUT2D eigenvalue weighted by Gasteiger charge is -2.12. The lowest BCUT2D eigenvalue weighted by atomic mass is 10.2. The Morgan fingerprint density at radius 3 is 2.67 bits per heavy atom. The quantitative estimate of drug-likeness (QED) is 0.778. The molecule has 8 heteroatoms. The summed E-state index contributed by atoms with van der Waals surface area (Å²) in [6, 6.07) is 11.1. The van der Waals surface area contributed by atoms with Crippen molar-refractivity contribution in [2.24, 2.45) is 7.05 Å². The maximum atomic E-state index is 12.6. The molecule has 0 unspecified atom stereocenters. The minimum atomic E-state index is -3.81. The number of hydrogen-bond donors (Lipinski definition) is 1. The summed E-state index contributed by atoms with van der Waals surface area (Å²) in [5.74, 6) is 0.259. The topological polar surface area (TPSA) is 90.3 Å². The Bertz CT molecular complexity index is 1070. The standard InChI is InChI=1S/C16H15N3O4S/c1-19-10-11-9-12(7-8-13(11)17-16(19)20)18-24(21,22)15-6-4-3-5-14(15)23-2/h3-10,18H,1-2H3. The van der Waals surface area contributed by atoms with Gasteiger partial charge in [0.05, 0.1) is 12.6 Å². The van der Waals surface area contributed by atoms with Gasteiger partial charge in [-0.05, 0) is 30.3 Å². The summed E-state index contributed by atoms with van der Waals surface area (Å²) < 4.78 is 34.1. The van der Waals surface area contributed by atoms with Gasteiger partial charge in [0.1, 0.15) is 10.6 Å². The first-order valence-corrected chi connectivity index (χ1v) is 8.52. The predicted octanol–water partition coefficient (Wildman–Crippen LogP) is 1.74. The van der Waals surface area contributed by atoms with Crippen molar-refractivity contribution >= 4 is 26.6 Å². The maximum Gasteiger partial charge on any atom is 0.347 e. The molecule has 1 heterocycles. The minimum absolute atomic E-state index is 0.0474. The third-order valence-electron chi connectivity index (χ3n) is 3.49. The van der Waals surface area contributed by atoms with Gasteiger partial charge in [0.25, 0.3) is 10.0 Å². The van der Waals surface area contributed by atoms with Crippen LogP contribution in [0.5, 0.6) is 5.75 Å². The number of benzene rings is 2. The summed E-state index contributed by atoms with van der Waals surface area (Å²) >= 11 is 0. The molecule has 3 rings (SSSR count). The van der Waals surface area contributed by atoms with E-state index in [2.05, 4.69) is 9.71 Å². The second-order valence-corrected chi connectivity index (χ2v) is 6.82. The van der Waals surface area contributed by atoms with Gasteiger partial charge < -0.3 is 9.30 Å². The van der Waals surface area contributed by atoms with Crippen LogP contribution in [0, 0.1) is 0 Å². The molecule has 0 fully saturated rings. The SMILES string of the molecule is COc1ccccc1S(=O)(=O)Nc1ccc2nc(=O)n(C)cc2c1.